The quantitative estimate of drug-likeness (QED) is 0.756. The number of phenols is 1. The lowest BCUT2D eigenvalue weighted by atomic mass is 9.75. The van der Waals surface area contributed by atoms with Gasteiger partial charge < -0.3 is 15.2 Å². The van der Waals surface area contributed by atoms with Gasteiger partial charge in [0.15, 0.2) is 0 Å². The van der Waals surface area contributed by atoms with E-state index in [1.807, 2.05) is 13.1 Å². The first kappa shape index (κ1) is 12.4. The van der Waals surface area contributed by atoms with Crippen molar-refractivity contribution in [3.05, 3.63) is 29.3 Å². The molecule has 0 aromatic heterocycles. The van der Waals surface area contributed by atoms with Crippen molar-refractivity contribution in [3.8, 4) is 11.5 Å². The fourth-order valence-corrected chi connectivity index (χ4v) is 3.46. The van der Waals surface area contributed by atoms with E-state index in [-0.39, 0.29) is 11.5 Å². The molecule has 0 bridgehead atoms. The van der Waals surface area contributed by atoms with Crippen molar-refractivity contribution in [2.45, 2.75) is 38.7 Å². The number of benzene rings is 1. The predicted octanol–water partition coefficient (Wildman–Crippen LogP) is 3.65. The van der Waals surface area contributed by atoms with Crippen molar-refractivity contribution in [1.29, 1.82) is 0 Å². The summed E-state index contributed by atoms with van der Waals surface area (Å²) in [6.45, 7) is 6.44. The molecule has 1 aromatic rings. The molecule has 2 aliphatic rings. The summed E-state index contributed by atoms with van der Waals surface area (Å²) in [4.78, 5) is 0. The van der Waals surface area contributed by atoms with Crippen LogP contribution in [0.5, 0.6) is 11.5 Å². The average Bonchev–Trinajstić information content (AvgIpc) is 2.70. The molecule has 3 rings (SSSR count). The molecule has 19 heavy (non-hydrogen) atoms. The first-order chi connectivity index (χ1) is 8.92. The second kappa shape index (κ2) is 3.92. The van der Waals surface area contributed by atoms with E-state index in [1.165, 1.54) is 5.57 Å². The lowest BCUT2D eigenvalue weighted by molar-refractivity contribution is 0.0226. The molecule has 1 aliphatic carbocycles. The number of hydrogen-bond acceptors (Lipinski definition) is 3. The Labute approximate surface area is 114 Å². The zero-order chi connectivity index (χ0) is 13.8. The first-order valence-corrected chi connectivity index (χ1v) is 6.83. The number of phenolic OH excluding ortho intramolecular Hbond substituents is 1. The van der Waals surface area contributed by atoms with Gasteiger partial charge in [0, 0.05) is 42.3 Å². The Hall–Kier alpha value is -1.64. The number of nitrogens with one attached hydrogen (secondary N) is 1. The largest absolute Gasteiger partial charge is 0.507 e. The fourth-order valence-electron chi connectivity index (χ4n) is 3.46. The summed E-state index contributed by atoms with van der Waals surface area (Å²) < 4.78 is 6.17. The highest BCUT2D eigenvalue weighted by Gasteiger charge is 2.46. The molecular formula is C16H21NO2. The highest BCUT2D eigenvalue weighted by atomic mass is 16.5. The first-order valence-electron chi connectivity index (χ1n) is 6.83. The number of aromatic hydroxyl groups is 1. The van der Waals surface area contributed by atoms with Crippen LogP contribution in [0.15, 0.2) is 23.8 Å². The van der Waals surface area contributed by atoms with Gasteiger partial charge in [0.05, 0.1) is 0 Å². The molecule has 0 radical (unpaired) electrons. The Bertz CT molecular complexity index is 560. The molecule has 3 heteroatoms. The van der Waals surface area contributed by atoms with Crippen LogP contribution in [-0.2, 0) is 0 Å². The van der Waals surface area contributed by atoms with Crippen molar-refractivity contribution in [2.24, 2.45) is 5.92 Å². The standard InChI is InChI=1S/C16H21NO2/c1-9-5-11-12(6-9)16(2,3)19-14-8-10(17-4)7-13(18)15(11)14/h5,7-8,11-12,17-18H,6H2,1-4H3. The number of ether oxygens (including phenoxy) is 1. The third-order valence-corrected chi connectivity index (χ3v) is 4.45. The van der Waals surface area contributed by atoms with Gasteiger partial charge >= 0.3 is 0 Å². The zero-order valence-electron chi connectivity index (χ0n) is 11.9. The second-order valence-corrected chi connectivity index (χ2v) is 6.21. The minimum Gasteiger partial charge on any atom is -0.507 e. The van der Waals surface area contributed by atoms with E-state index < -0.39 is 0 Å². The van der Waals surface area contributed by atoms with Crippen molar-refractivity contribution in [3.63, 3.8) is 0 Å². The number of fused-ring (bicyclic) bond motifs is 3. The second-order valence-electron chi connectivity index (χ2n) is 6.21. The summed E-state index contributed by atoms with van der Waals surface area (Å²) in [7, 11) is 1.84. The van der Waals surface area contributed by atoms with E-state index in [1.54, 1.807) is 6.07 Å². The van der Waals surface area contributed by atoms with E-state index in [0.717, 1.165) is 23.4 Å². The lowest BCUT2D eigenvalue weighted by Crippen LogP contribution is -2.42. The number of rotatable bonds is 1. The van der Waals surface area contributed by atoms with Gasteiger partial charge in [-0.3, -0.25) is 0 Å². The van der Waals surface area contributed by atoms with Gasteiger partial charge in [0.1, 0.15) is 17.1 Å². The van der Waals surface area contributed by atoms with Crippen LogP contribution in [0.2, 0.25) is 0 Å². The third-order valence-electron chi connectivity index (χ3n) is 4.45. The SMILES string of the molecule is CNc1cc(O)c2c(c1)OC(C)(C)C1CC(C)=CC21. The Morgan fingerprint density at radius 2 is 2.11 bits per heavy atom. The van der Waals surface area contributed by atoms with Gasteiger partial charge in [-0.2, -0.15) is 0 Å². The van der Waals surface area contributed by atoms with Gasteiger partial charge in [-0.25, -0.2) is 0 Å². The maximum absolute atomic E-state index is 10.3. The molecule has 0 amide bonds. The monoisotopic (exact) mass is 259 g/mol. The van der Waals surface area contributed by atoms with Gasteiger partial charge in [0.25, 0.3) is 0 Å². The highest BCUT2D eigenvalue weighted by molar-refractivity contribution is 5.61. The normalized spacial score (nSPS) is 27.1. The lowest BCUT2D eigenvalue weighted by Gasteiger charge is -2.42. The van der Waals surface area contributed by atoms with Crippen LogP contribution in [0.25, 0.3) is 0 Å². The molecular weight excluding hydrogens is 238 g/mol. The van der Waals surface area contributed by atoms with Gasteiger partial charge in [0.2, 0.25) is 0 Å². The topological polar surface area (TPSA) is 41.5 Å². The maximum Gasteiger partial charge on any atom is 0.129 e. The Morgan fingerprint density at radius 3 is 2.79 bits per heavy atom. The van der Waals surface area contributed by atoms with Crippen molar-refractivity contribution in [2.75, 3.05) is 12.4 Å². The van der Waals surface area contributed by atoms with Crippen molar-refractivity contribution >= 4 is 5.69 Å². The van der Waals surface area contributed by atoms with Crippen LogP contribution in [-0.4, -0.2) is 17.8 Å². The Kier molecular flexibility index (Phi) is 2.56. The van der Waals surface area contributed by atoms with Gasteiger partial charge in [-0.05, 0) is 27.2 Å². The minimum atomic E-state index is -0.204. The van der Waals surface area contributed by atoms with E-state index in [4.69, 9.17) is 4.74 Å². The molecule has 1 aromatic carbocycles. The molecule has 1 heterocycles. The maximum atomic E-state index is 10.3. The van der Waals surface area contributed by atoms with Gasteiger partial charge in [-0.1, -0.05) is 11.6 Å². The van der Waals surface area contributed by atoms with E-state index >= 15 is 0 Å². The Morgan fingerprint density at radius 1 is 1.37 bits per heavy atom. The summed E-state index contributed by atoms with van der Waals surface area (Å²) in [6, 6.07) is 3.76. The average molecular weight is 259 g/mol. The number of hydrogen-bond donors (Lipinski definition) is 2. The molecule has 1 aliphatic heterocycles. The predicted molar refractivity (Wildman–Crippen MR) is 77.0 cm³/mol. The summed E-state index contributed by atoms with van der Waals surface area (Å²) in [5.41, 5.74) is 3.01. The van der Waals surface area contributed by atoms with Crippen LogP contribution < -0.4 is 10.1 Å². The van der Waals surface area contributed by atoms with Crippen LogP contribution in [0.4, 0.5) is 5.69 Å². The molecule has 0 fully saturated rings. The number of allylic oxidation sites excluding steroid dienone is 2. The van der Waals surface area contributed by atoms with E-state index in [2.05, 4.69) is 32.2 Å². The van der Waals surface area contributed by atoms with Crippen molar-refractivity contribution in [1.82, 2.24) is 0 Å². The fraction of sp³-hybridized carbons (Fsp3) is 0.500. The molecule has 2 atom stereocenters. The number of anilines is 1. The van der Waals surface area contributed by atoms with E-state index in [0.29, 0.717) is 11.7 Å². The van der Waals surface area contributed by atoms with E-state index in [9.17, 15) is 5.11 Å². The minimum absolute atomic E-state index is 0.204. The molecule has 2 N–H and O–H groups in total. The highest BCUT2D eigenvalue weighted by Crippen LogP contribution is 2.54. The zero-order valence-corrected chi connectivity index (χ0v) is 11.9. The Balaban J connectivity index is 2.17. The smallest absolute Gasteiger partial charge is 0.129 e. The molecule has 0 saturated carbocycles. The molecule has 3 nitrogen and oxygen atoms in total. The summed E-state index contributed by atoms with van der Waals surface area (Å²) >= 11 is 0. The molecule has 0 spiro atoms. The van der Waals surface area contributed by atoms with Crippen LogP contribution in [0, 0.1) is 5.92 Å². The summed E-state index contributed by atoms with van der Waals surface area (Å²) in [5.74, 6) is 1.82. The van der Waals surface area contributed by atoms with Crippen LogP contribution in [0.3, 0.4) is 0 Å². The van der Waals surface area contributed by atoms with Crippen LogP contribution in [0.1, 0.15) is 38.7 Å². The van der Waals surface area contributed by atoms with Crippen molar-refractivity contribution < 1.29 is 9.84 Å². The molecule has 2 unspecified atom stereocenters. The third kappa shape index (κ3) is 1.79. The summed E-state index contributed by atoms with van der Waals surface area (Å²) in [5, 5.41) is 13.4. The molecule has 0 saturated heterocycles. The van der Waals surface area contributed by atoms with Gasteiger partial charge in [-0.15, -0.1) is 0 Å². The van der Waals surface area contributed by atoms with Crippen LogP contribution >= 0.6 is 0 Å². The summed E-state index contributed by atoms with van der Waals surface area (Å²) in [6.07, 6.45) is 3.33. The molecule has 102 valence electrons.